The number of hydrogen-bond acceptors (Lipinski definition) is 9. The van der Waals surface area contributed by atoms with Crippen molar-refractivity contribution in [1.29, 1.82) is 0 Å². The van der Waals surface area contributed by atoms with Crippen molar-refractivity contribution in [3.05, 3.63) is 35.9 Å². The summed E-state index contributed by atoms with van der Waals surface area (Å²) in [5.74, 6) is -2.96. The van der Waals surface area contributed by atoms with Crippen molar-refractivity contribution in [3.63, 3.8) is 0 Å². The van der Waals surface area contributed by atoms with Gasteiger partial charge in [0.1, 0.15) is 12.1 Å². The summed E-state index contributed by atoms with van der Waals surface area (Å²) >= 11 is 1.18. The van der Waals surface area contributed by atoms with Gasteiger partial charge in [-0.25, -0.2) is 0 Å². The number of Topliss-reactive ketones (excluding diaryl/α,β-unsaturated/α-hetero) is 1. The molecule has 1 aliphatic carbocycles. The average molecular weight is 701 g/mol. The lowest BCUT2D eigenvalue weighted by molar-refractivity contribution is -0.147. The summed E-state index contributed by atoms with van der Waals surface area (Å²) in [4.78, 5) is 82.1. The Hall–Kier alpha value is -3.49. The molecule has 14 heteroatoms. The van der Waals surface area contributed by atoms with Crippen LogP contribution in [0.1, 0.15) is 91.2 Å². The van der Waals surface area contributed by atoms with E-state index >= 15 is 0 Å². The lowest BCUT2D eigenvalue weighted by Crippen LogP contribution is -2.61. The van der Waals surface area contributed by atoms with Gasteiger partial charge in [-0.05, 0) is 49.5 Å². The number of carbonyl (C=O) groups excluding carboxylic acids is 6. The van der Waals surface area contributed by atoms with Crippen LogP contribution in [-0.2, 0) is 28.8 Å². The molecule has 2 aliphatic heterocycles. The fourth-order valence-corrected chi connectivity index (χ4v) is 7.88. The maximum absolute atomic E-state index is 14.5. The second-order valence-electron chi connectivity index (χ2n) is 14.4. The Bertz CT molecular complexity index is 1370. The van der Waals surface area contributed by atoms with Gasteiger partial charge in [0.15, 0.2) is 5.56 Å². The van der Waals surface area contributed by atoms with Crippen LogP contribution < -0.4 is 26.6 Å². The number of nitrogens with one attached hydrogen (secondary N) is 5. The van der Waals surface area contributed by atoms with Crippen LogP contribution >= 0.6 is 11.8 Å². The predicted molar refractivity (Wildman–Crippen MR) is 186 cm³/mol. The van der Waals surface area contributed by atoms with Crippen LogP contribution in [0.5, 0.6) is 0 Å². The molecule has 4 rings (SSSR count). The Balaban J connectivity index is 1.47. The number of aliphatic hydroxyl groups excluding tert-OH is 1. The molecule has 2 heterocycles. The Morgan fingerprint density at radius 2 is 1.69 bits per heavy atom. The fraction of sp³-hybridized carbons (Fsp3) is 0.657. The first kappa shape index (κ1) is 38.3. The first-order chi connectivity index (χ1) is 23.2. The number of aliphatic hydroxyl groups is 1. The van der Waals surface area contributed by atoms with Crippen molar-refractivity contribution in [2.75, 3.05) is 12.3 Å². The molecule has 2 saturated heterocycles. The lowest BCUT2D eigenvalue weighted by atomic mass is 9.83. The number of carbonyl (C=O) groups is 6. The summed E-state index contributed by atoms with van der Waals surface area (Å²) < 4.78 is 0. The minimum Gasteiger partial charge on any atom is -0.369 e. The van der Waals surface area contributed by atoms with Gasteiger partial charge in [0, 0.05) is 11.8 Å². The topological polar surface area (TPSA) is 186 Å². The molecule has 1 aromatic carbocycles. The lowest BCUT2D eigenvalue weighted by Gasteiger charge is -2.39. The van der Waals surface area contributed by atoms with Gasteiger partial charge in [-0.2, -0.15) is 0 Å². The maximum atomic E-state index is 14.5. The highest BCUT2D eigenvalue weighted by Gasteiger charge is 2.51. The monoisotopic (exact) mass is 700 g/mol. The third-order valence-corrected chi connectivity index (χ3v) is 10.6. The molecule has 5 amide bonds. The normalized spacial score (nSPS) is 25.3. The first-order valence-corrected chi connectivity index (χ1v) is 18.4. The Morgan fingerprint density at radius 1 is 1.00 bits per heavy atom. The van der Waals surface area contributed by atoms with Crippen molar-refractivity contribution < 1.29 is 33.9 Å². The Morgan fingerprint density at radius 3 is 2.33 bits per heavy atom. The van der Waals surface area contributed by atoms with Gasteiger partial charge < -0.3 is 31.3 Å². The molecule has 0 spiro atoms. The van der Waals surface area contributed by atoms with E-state index in [-0.39, 0.29) is 24.9 Å². The summed E-state index contributed by atoms with van der Waals surface area (Å²) in [7, 11) is 0. The Labute approximate surface area is 292 Å². The van der Waals surface area contributed by atoms with Gasteiger partial charge in [-0.1, -0.05) is 77.3 Å². The zero-order valence-corrected chi connectivity index (χ0v) is 29.9. The largest absolute Gasteiger partial charge is 0.369 e. The maximum Gasteiger partial charge on any atom is 0.290 e. The van der Waals surface area contributed by atoms with E-state index in [1.54, 1.807) is 11.8 Å². The third-order valence-electron chi connectivity index (χ3n) is 9.65. The molecular formula is C35H52N6O7S. The fourth-order valence-electron chi connectivity index (χ4n) is 6.99. The highest BCUT2D eigenvalue weighted by Crippen LogP contribution is 2.41. The molecule has 270 valence electrons. The number of ketones is 1. The number of amides is 5. The van der Waals surface area contributed by atoms with Gasteiger partial charge in [-0.3, -0.25) is 34.1 Å². The Kier molecular flexibility index (Phi) is 13.3. The zero-order chi connectivity index (χ0) is 35.9. The number of fused-ring (bicyclic) bond motifs is 1. The standard InChI is InChI=1S/C35H52N6O7S/c1-6-12-23(28(43)32(46)37-20(2)21-13-8-7-9-14-21)38-31(45)26-17-22-15-10-11-16-25(22)41(26)33(47)29(35(3,4)5)40-27(42)18-36-30(44)24-19-49-34(48)39-24/h7-9,13-14,20,22-26,29,34,39,48H,6,10-12,15-19H2,1-5H3,(H,36,44)(H,37,46)(H,38,45)(H,40,42)/t20-,22-,23?,24?,25?,26-,29+,34?/m0/s1. The van der Waals surface area contributed by atoms with Crippen molar-refractivity contribution in [3.8, 4) is 0 Å². The molecule has 13 nitrogen and oxygen atoms in total. The smallest absolute Gasteiger partial charge is 0.290 e. The number of benzene rings is 1. The van der Waals surface area contributed by atoms with Gasteiger partial charge in [0.2, 0.25) is 29.4 Å². The van der Waals surface area contributed by atoms with Gasteiger partial charge in [0.25, 0.3) is 5.91 Å². The number of likely N-dealkylation sites (tertiary alicyclic amines) is 1. The molecule has 6 N–H and O–H groups in total. The highest BCUT2D eigenvalue weighted by atomic mass is 32.2. The van der Waals surface area contributed by atoms with Crippen molar-refractivity contribution in [2.45, 2.75) is 121 Å². The second kappa shape index (κ2) is 16.9. The second-order valence-corrected chi connectivity index (χ2v) is 15.5. The molecule has 4 unspecified atom stereocenters. The molecule has 0 radical (unpaired) electrons. The molecule has 3 aliphatic rings. The van der Waals surface area contributed by atoms with Gasteiger partial charge in [-0.15, -0.1) is 11.8 Å². The van der Waals surface area contributed by atoms with E-state index < -0.39 is 76.5 Å². The predicted octanol–water partition coefficient (Wildman–Crippen LogP) is 1.51. The summed E-state index contributed by atoms with van der Waals surface area (Å²) in [6.07, 6.45) is 4.68. The van der Waals surface area contributed by atoms with Crippen LogP contribution in [0.2, 0.25) is 0 Å². The van der Waals surface area contributed by atoms with Crippen LogP contribution in [0.4, 0.5) is 0 Å². The van der Waals surface area contributed by atoms with Gasteiger partial charge in [0.05, 0.1) is 24.7 Å². The SMILES string of the molecule is CCCC(NC(=O)[C@@H]1C[C@@H]2CCCCC2N1C(=O)[C@@H](NC(=O)CNC(=O)C1CSC(O)N1)C(C)(C)C)C(=O)C(=O)N[C@@H](C)c1ccccc1. The molecule has 3 fully saturated rings. The highest BCUT2D eigenvalue weighted by molar-refractivity contribution is 8.00. The van der Waals surface area contributed by atoms with Crippen LogP contribution in [0.15, 0.2) is 30.3 Å². The molecule has 0 bridgehead atoms. The third kappa shape index (κ3) is 9.82. The van der Waals surface area contributed by atoms with Gasteiger partial charge >= 0.3 is 0 Å². The van der Waals surface area contributed by atoms with E-state index in [4.69, 9.17) is 0 Å². The summed E-state index contributed by atoms with van der Waals surface area (Å²) in [6, 6.07) is 5.08. The van der Waals surface area contributed by atoms with E-state index in [2.05, 4.69) is 26.6 Å². The number of thioether (sulfide) groups is 1. The molecule has 8 atom stereocenters. The van der Waals surface area contributed by atoms with E-state index in [9.17, 15) is 33.9 Å². The van der Waals surface area contributed by atoms with Crippen LogP contribution in [-0.4, -0.2) is 93.4 Å². The molecule has 1 saturated carbocycles. The summed E-state index contributed by atoms with van der Waals surface area (Å²) in [5.41, 5.74) is -0.750. The van der Waals surface area contributed by atoms with Crippen LogP contribution in [0.25, 0.3) is 0 Å². The zero-order valence-electron chi connectivity index (χ0n) is 29.1. The molecule has 1 aromatic rings. The summed E-state index contributed by atoms with van der Waals surface area (Å²) in [6.45, 7) is 8.76. The summed E-state index contributed by atoms with van der Waals surface area (Å²) in [5, 5.41) is 23.3. The molecule has 49 heavy (non-hydrogen) atoms. The van der Waals surface area contributed by atoms with Crippen LogP contribution in [0.3, 0.4) is 0 Å². The number of hydrogen-bond donors (Lipinski definition) is 6. The molecular weight excluding hydrogens is 648 g/mol. The van der Waals surface area contributed by atoms with E-state index in [0.29, 0.717) is 18.6 Å². The first-order valence-electron chi connectivity index (χ1n) is 17.4. The van der Waals surface area contributed by atoms with Crippen molar-refractivity contribution in [1.82, 2.24) is 31.5 Å². The minimum atomic E-state index is -1.06. The van der Waals surface area contributed by atoms with Crippen LogP contribution in [0, 0.1) is 11.3 Å². The quantitative estimate of drug-likeness (QED) is 0.166. The van der Waals surface area contributed by atoms with Crippen molar-refractivity contribution in [2.24, 2.45) is 11.3 Å². The molecule has 0 aromatic heterocycles. The number of rotatable bonds is 13. The van der Waals surface area contributed by atoms with E-state index in [1.807, 2.05) is 58.0 Å². The van der Waals surface area contributed by atoms with E-state index in [1.165, 1.54) is 11.8 Å². The van der Waals surface area contributed by atoms with Crippen molar-refractivity contribution >= 4 is 47.1 Å². The average Bonchev–Trinajstić information content (AvgIpc) is 3.69. The van der Waals surface area contributed by atoms with E-state index in [0.717, 1.165) is 31.2 Å². The number of nitrogens with zero attached hydrogens (tertiary/aromatic N) is 1. The minimum absolute atomic E-state index is 0.0894.